The van der Waals surface area contributed by atoms with E-state index in [1.54, 1.807) is 0 Å². The van der Waals surface area contributed by atoms with Crippen molar-refractivity contribution in [1.82, 2.24) is 9.80 Å². The van der Waals surface area contributed by atoms with Crippen LogP contribution in [-0.4, -0.2) is 52.9 Å². The quantitative estimate of drug-likeness (QED) is 0.833. The maximum Gasteiger partial charge on any atom is 0.237 e. The average molecular weight is 292 g/mol. The lowest BCUT2D eigenvalue weighted by molar-refractivity contribution is -0.134. The highest BCUT2D eigenvalue weighted by atomic mass is 32.2. The van der Waals surface area contributed by atoms with Crippen molar-refractivity contribution in [1.29, 1.82) is 0 Å². The number of amides is 1. The number of nitrogens with zero attached hydrogens (tertiary/aromatic N) is 2. The first-order valence-electron chi connectivity index (χ1n) is 7.30. The predicted octanol–water partition coefficient (Wildman–Crippen LogP) is 2.47. The molecule has 20 heavy (non-hydrogen) atoms. The molecule has 1 heterocycles. The average Bonchev–Trinajstić information content (AvgIpc) is 2.46. The maximum atomic E-state index is 12.5. The summed E-state index contributed by atoms with van der Waals surface area (Å²) in [5, 5.41) is 0. The normalized spacial score (nSPS) is 16.4. The van der Waals surface area contributed by atoms with E-state index in [4.69, 9.17) is 0 Å². The van der Waals surface area contributed by atoms with Crippen LogP contribution < -0.4 is 0 Å². The molecule has 3 nitrogen and oxygen atoms in total. The van der Waals surface area contributed by atoms with Crippen LogP contribution in [-0.2, 0) is 11.3 Å². The Labute approximate surface area is 126 Å². The van der Waals surface area contributed by atoms with Gasteiger partial charge in [-0.25, -0.2) is 0 Å². The number of rotatable bonds is 5. The fourth-order valence-corrected chi connectivity index (χ4v) is 3.36. The molecule has 4 heteroatoms. The SMILES string of the molecule is CC(C)N(Cc1ccccc1)C(=O)CN1CCSCC1. The smallest absolute Gasteiger partial charge is 0.237 e. The van der Waals surface area contributed by atoms with E-state index in [1.165, 1.54) is 5.56 Å². The van der Waals surface area contributed by atoms with Crippen LogP contribution in [0.2, 0.25) is 0 Å². The number of thioether (sulfide) groups is 1. The third kappa shape index (κ3) is 4.53. The van der Waals surface area contributed by atoms with E-state index >= 15 is 0 Å². The van der Waals surface area contributed by atoms with Crippen LogP contribution in [0.15, 0.2) is 30.3 Å². The monoisotopic (exact) mass is 292 g/mol. The molecule has 2 rings (SSSR count). The van der Waals surface area contributed by atoms with Crippen LogP contribution in [0.3, 0.4) is 0 Å². The molecule has 0 N–H and O–H groups in total. The second-order valence-electron chi connectivity index (χ2n) is 5.49. The first kappa shape index (κ1) is 15.4. The summed E-state index contributed by atoms with van der Waals surface area (Å²) >= 11 is 1.98. The first-order valence-corrected chi connectivity index (χ1v) is 8.46. The molecule has 0 aromatic heterocycles. The van der Waals surface area contributed by atoms with E-state index in [2.05, 4.69) is 30.9 Å². The van der Waals surface area contributed by atoms with Crippen molar-refractivity contribution in [3.8, 4) is 0 Å². The Morgan fingerprint density at radius 2 is 1.90 bits per heavy atom. The van der Waals surface area contributed by atoms with Gasteiger partial charge in [-0.1, -0.05) is 30.3 Å². The summed E-state index contributed by atoms with van der Waals surface area (Å²) in [6, 6.07) is 10.5. The third-order valence-corrected chi connectivity index (χ3v) is 4.54. The summed E-state index contributed by atoms with van der Waals surface area (Å²) in [7, 11) is 0. The molecule has 0 unspecified atom stereocenters. The van der Waals surface area contributed by atoms with Crippen LogP contribution in [0.5, 0.6) is 0 Å². The van der Waals surface area contributed by atoms with E-state index in [9.17, 15) is 4.79 Å². The Bertz CT molecular complexity index is 416. The Kier molecular flexibility index (Phi) is 5.92. The van der Waals surface area contributed by atoms with Crippen LogP contribution in [0.4, 0.5) is 0 Å². The Morgan fingerprint density at radius 1 is 1.25 bits per heavy atom. The van der Waals surface area contributed by atoms with Crippen LogP contribution in [0.1, 0.15) is 19.4 Å². The van der Waals surface area contributed by atoms with Crippen molar-refractivity contribution in [2.24, 2.45) is 0 Å². The van der Waals surface area contributed by atoms with Crippen LogP contribution in [0.25, 0.3) is 0 Å². The summed E-state index contributed by atoms with van der Waals surface area (Å²) in [5.41, 5.74) is 1.20. The number of hydrogen-bond acceptors (Lipinski definition) is 3. The first-order chi connectivity index (χ1) is 9.66. The second-order valence-corrected chi connectivity index (χ2v) is 6.71. The van der Waals surface area contributed by atoms with E-state index < -0.39 is 0 Å². The molecule has 0 atom stereocenters. The van der Waals surface area contributed by atoms with Crippen molar-refractivity contribution in [3.05, 3.63) is 35.9 Å². The predicted molar refractivity (Wildman–Crippen MR) is 85.9 cm³/mol. The van der Waals surface area contributed by atoms with Gasteiger partial charge in [-0.3, -0.25) is 9.69 Å². The van der Waals surface area contributed by atoms with Gasteiger partial charge in [0, 0.05) is 37.2 Å². The van der Waals surface area contributed by atoms with Gasteiger partial charge in [0.2, 0.25) is 5.91 Å². The summed E-state index contributed by atoms with van der Waals surface area (Å²) in [5.74, 6) is 2.54. The standard InChI is InChI=1S/C16H24N2OS/c1-14(2)18(12-15-6-4-3-5-7-15)16(19)13-17-8-10-20-11-9-17/h3-7,14H,8-13H2,1-2H3. The minimum Gasteiger partial charge on any atom is -0.335 e. The van der Waals surface area contributed by atoms with E-state index in [0.29, 0.717) is 13.1 Å². The largest absolute Gasteiger partial charge is 0.335 e. The van der Waals surface area contributed by atoms with E-state index in [1.807, 2.05) is 34.9 Å². The summed E-state index contributed by atoms with van der Waals surface area (Å²) in [6.45, 7) is 7.52. The zero-order valence-corrected chi connectivity index (χ0v) is 13.2. The molecule has 1 amide bonds. The molecule has 0 radical (unpaired) electrons. The molecule has 0 aliphatic carbocycles. The molecule has 1 aliphatic heterocycles. The van der Waals surface area contributed by atoms with Gasteiger partial charge in [-0.05, 0) is 19.4 Å². The molecule has 1 aliphatic rings. The van der Waals surface area contributed by atoms with Crippen molar-refractivity contribution in [2.45, 2.75) is 26.4 Å². The van der Waals surface area contributed by atoms with Crippen molar-refractivity contribution < 1.29 is 4.79 Å². The zero-order chi connectivity index (χ0) is 14.4. The number of benzene rings is 1. The molecule has 0 bridgehead atoms. The van der Waals surface area contributed by atoms with Gasteiger partial charge in [0.25, 0.3) is 0 Å². The highest BCUT2D eigenvalue weighted by Gasteiger charge is 2.21. The van der Waals surface area contributed by atoms with E-state index in [0.717, 1.165) is 24.6 Å². The van der Waals surface area contributed by atoms with Gasteiger partial charge in [0.05, 0.1) is 6.54 Å². The highest BCUT2D eigenvalue weighted by molar-refractivity contribution is 7.99. The topological polar surface area (TPSA) is 23.6 Å². The lowest BCUT2D eigenvalue weighted by atomic mass is 10.2. The molecular weight excluding hydrogens is 268 g/mol. The van der Waals surface area contributed by atoms with Crippen LogP contribution in [0, 0.1) is 0 Å². The second kappa shape index (κ2) is 7.70. The van der Waals surface area contributed by atoms with Gasteiger partial charge >= 0.3 is 0 Å². The molecule has 1 saturated heterocycles. The van der Waals surface area contributed by atoms with Gasteiger partial charge in [-0.15, -0.1) is 0 Å². The highest BCUT2D eigenvalue weighted by Crippen LogP contribution is 2.12. The number of hydrogen-bond donors (Lipinski definition) is 0. The van der Waals surface area contributed by atoms with Gasteiger partial charge < -0.3 is 4.90 Å². The van der Waals surface area contributed by atoms with Gasteiger partial charge in [-0.2, -0.15) is 11.8 Å². The third-order valence-electron chi connectivity index (χ3n) is 3.60. The van der Waals surface area contributed by atoms with Gasteiger partial charge in [0.15, 0.2) is 0 Å². The van der Waals surface area contributed by atoms with Crippen molar-refractivity contribution >= 4 is 17.7 Å². The molecule has 1 aromatic rings. The number of carbonyl (C=O) groups excluding carboxylic acids is 1. The van der Waals surface area contributed by atoms with E-state index in [-0.39, 0.29) is 11.9 Å². The van der Waals surface area contributed by atoms with Gasteiger partial charge in [0.1, 0.15) is 0 Å². The minimum atomic E-state index is 0.238. The Morgan fingerprint density at radius 3 is 2.50 bits per heavy atom. The maximum absolute atomic E-state index is 12.5. The van der Waals surface area contributed by atoms with Crippen molar-refractivity contribution in [2.75, 3.05) is 31.1 Å². The zero-order valence-electron chi connectivity index (χ0n) is 12.4. The fraction of sp³-hybridized carbons (Fsp3) is 0.562. The molecule has 0 saturated carbocycles. The summed E-state index contributed by atoms with van der Waals surface area (Å²) in [6.07, 6.45) is 0. The lowest BCUT2D eigenvalue weighted by Gasteiger charge is -2.31. The molecule has 1 fully saturated rings. The summed E-state index contributed by atoms with van der Waals surface area (Å²) in [4.78, 5) is 16.8. The fourth-order valence-electron chi connectivity index (χ4n) is 2.38. The van der Waals surface area contributed by atoms with Crippen LogP contribution >= 0.6 is 11.8 Å². The lowest BCUT2D eigenvalue weighted by Crippen LogP contribution is -2.45. The Balaban J connectivity index is 1.95. The molecule has 0 spiro atoms. The molecular formula is C16H24N2OS. The number of carbonyl (C=O) groups is 1. The minimum absolute atomic E-state index is 0.238. The molecule has 110 valence electrons. The van der Waals surface area contributed by atoms with Crippen molar-refractivity contribution in [3.63, 3.8) is 0 Å². The Hall–Kier alpha value is -1.00. The molecule has 1 aromatic carbocycles. The summed E-state index contributed by atoms with van der Waals surface area (Å²) < 4.78 is 0.